The summed E-state index contributed by atoms with van der Waals surface area (Å²) in [4.78, 5) is 39.4. The van der Waals surface area contributed by atoms with Gasteiger partial charge in [0.25, 0.3) is 11.8 Å². The van der Waals surface area contributed by atoms with E-state index >= 15 is 0 Å². The van der Waals surface area contributed by atoms with Crippen molar-refractivity contribution >= 4 is 44.6 Å². The van der Waals surface area contributed by atoms with E-state index in [9.17, 15) is 23.1 Å². The van der Waals surface area contributed by atoms with E-state index in [0.717, 1.165) is 28.1 Å². The summed E-state index contributed by atoms with van der Waals surface area (Å²) in [6.07, 6.45) is 5.07. The van der Waals surface area contributed by atoms with Crippen molar-refractivity contribution in [2.24, 2.45) is 0 Å². The Morgan fingerprint density at radius 1 is 1.04 bits per heavy atom. The number of hydrogen-bond acceptors (Lipinski definition) is 10. The summed E-state index contributed by atoms with van der Waals surface area (Å²) in [5.41, 5.74) is 3.95. The molecule has 0 radical (unpaired) electrons. The lowest BCUT2D eigenvalue weighted by Gasteiger charge is -2.29. The van der Waals surface area contributed by atoms with Crippen LogP contribution >= 0.6 is 11.3 Å². The first-order chi connectivity index (χ1) is 22.1. The summed E-state index contributed by atoms with van der Waals surface area (Å²) in [5.74, 6) is -0.824. The molecule has 0 aliphatic heterocycles. The number of phenols is 1. The lowest BCUT2D eigenvalue weighted by Crippen LogP contribution is -2.38. The summed E-state index contributed by atoms with van der Waals surface area (Å²) in [6.45, 7) is 10.5. The molecule has 47 heavy (non-hydrogen) atoms. The Kier molecular flexibility index (Phi) is 11.2. The molecule has 0 saturated carbocycles. The molecule has 4 rings (SSSR count). The Hall–Kier alpha value is -4.49. The molecule has 13 heteroatoms. The molecule has 250 valence electrons. The number of nitrogens with one attached hydrogen (secondary N) is 1. The number of carbonyl (C=O) groups excluding carboxylic acids is 2. The fraction of sp³-hybridized carbons (Fsp3) is 0.353. The summed E-state index contributed by atoms with van der Waals surface area (Å²) in [6, 6.07) is 10.7. The van der Waals surface area contributed by atoms with Crippen molar-refractivity contribution < 1.29 is 27.3 Å². The average Bonchev–Trinajstić information content (AvgIpc) is 3.43. The molecule has 1 atom stereocenters. The number of rotatable bonds is 13. The van der Waals surface area contributed by atoms with Gasteiger partial charge in [0.05, 0.1) is 18.5 Å². The van der Waals surface area contributed by atoms with Gasteiger partial charge in [-0.15, -0.1) is 11.3 Å². The number of thiazole rings is 1. The first kappa shape index (κ1) is 35.4. The maximum atomic E-state index is 14.2. The molecular weight excluding hydrogens is 639 g/mol. The van der Waals surface area contributed by atoms with Gasteiger partial charge in [0.2, 0.25) is 0 Å². The molecule has 0 fully saturated rings. The number of aromatic nitrogens is 2. The van der Waals surface area contributed by atoms with Gasteiger partial charge >= 0.3 is 10.1 Å². The van der Waals surface area contributed by atoms with E-state index in [1.54, 1.807) is 25.4 Å². The number of anilines is 2. The summed E-state index contributed by atoms with van der Waals surface area (Å²) in [5, 5.41) is 16.8. The monoisotopic (exact) mass is 679 g/mol. The predicted molar refractivity (Wildman–Crippen MR) is 185 cm³/mol. The van der Waals surface area contributed by atoms with E-state index in [2.05, 4.69) is 35.2 Å². The molecule has 1 unspecified atom stereocenters. The lowest BCUT2D eigenvalue weighted by atomic mass is 10.0. The maximum absolute atomic E-state index is 14.2. The second-order valence-corrected chi connectivity index (χ2v) is 14.4. The molecule has 0 bridgehead atoms. The van der Waals surface area contributed by atoms with Crippen LogP contribution in [0.2, 0.25) is 0 Å². The predicted octanol–water partition coefficient (Wildman–Crippen LogP) is 6.34. The van der Waals surface area contributed by atoms with Crippen LogP contribution in [0.4, 0.5) is 11.4 Å². The first-order valence-corrected chi connectivity index (χ1v) is 17.9. The number of phenolic OH excluding ortho intramolecular Hbond substituents is 1. The van der Waals surface area contributed by atoms with Gasteiger partial charge in [0, 0.05) is 66.0 Å². The molecule has 2 amide bonds. The molecule has 0 aliphatic carbocycles. The third-order valence-corrected chi connectivity index (χ3v) is 8.96. The molecule has 2 aromatic heterocycles. The minimum Gasteiger partial charge on any atom is -0.506 e. The SMILES string of the molecule is CCC(C)N(C(=O)c1cc(OS(C)(=O)=O)cc(C(=O)N(C)Cc2nc(C)cs2)c1)c1ccc(NCc2cncc(C(C)C)c2)c(O)c1. The smallest absolute Gasteiger partial charge is 0.306 e. The molecule has 0 aliphatic rings. The number of nitrogens with zero attached hydrogens (tertiary/aromatic N) is 4. The van der Waals surface area contributed by atoms with Crippen LogP contribution in [0.1, 0.15) is 82.6 Å². The molecular formula is C34H41N5O6S2. The van der Waals surface area contributed by atoms with Gasteiger partial charge in [-0.25, -0.2) is 4.98 Å². The molecule has 2 heterocycles. The van der Waals surface area contributed by atoms with E-state index in [1.807, 2.05) is 32.3 Å². The Morgan fingerprint density at radius 3 is 2.34 bits per heavy atom. The van der Waals surface area contributed by atoms with Crippen molar-refractivity contribution in [2.45, 2.75) is 66.1 Å². The van der Waals surface area contributed by atoms with Crippen molar-refractivity contribution in [1.82, 2.24) is 14.9 Å². The number of amides is 2. The highest BCUT2D eigenvalue weighted by Crippen LogP contribution is 2.32. The highest BCUT2D eigenvalue weighted by atomic mass is 32.2. The zero-order chi connectivity index (χ0) is 34.5. The van der Waals surface area contributed by atoms with Crippen LogP contribution in [0.5, 0.6) is 11.5 Å². The molecule has 2 aromatic carbocycles. The van der Waals surface area contributed by atoms with E-state index in [0.29, 0.717) is 30.3 Å². The van der Waals surface area contributed by atoms with Gasteiger partial charge in [-0.05, 0) is 67.6 Å². The number of aryl methyl sites for hydroxylation is 1. The minimum atomic E-state index is -3.97. The highest BCUT2D eigenvalue weighted by Gasteiger charge is 2.26. The van der Waals surface area contributed by atoms with Crippen molar-refractivity contribution in [3.63, 3.8) is 0 Å². The van der Waals surface area contributed by atoms with Crippen LogP contribution in [0.25, 0.3) is 0 Å². The topological polar surface area (TPSA) is 142 Å². The van der Waals surface area contributed by atoms with Crippen LogP contribution in [0.3, 0.4) is 0 Å². The Labute approximate surface area is 280 Å². The van der Waals surface area contributed by atoms with Gasteiger partial charge in [-0.1, -0.05) is 26.8 Å². The normalized spacial score (nSPS) is 12.1. The Bertz CT molecular complexity index is 1860. The number of carbonyl (C=O) groups is 2. The quantitative estimate of drug-likeness (QED) is 0.122. The molecule has 2 N–H and O–H groups in total. The zero-order valence-corrected chi connectivity index (χ0v) is 29.3. The van der Waals surface area contributed by atoms with E-state index < -0.39 is 21.9 Å². The van der Waals surface area contributed by atoms with Crippen LogP contribution in [-0.2, 0) is 23.2 Å². The molecule has 0 saturated heterocycles. The van der Waals surface area contributed by atoms with Gasteiger partial charge < -0.3 is 24.4 Å². The second-order valence-electron chi connectivity index (χ2n) is 11.8. The summed E-state index contributed by atoms with van der Waals surface area (Å²) < 4.78 is 29.2. The molecule has 11 nitrogen and oxygen atoms in total. The highest BCUT2D eigenvalue weighted by molar-refractivity contribution is 7.86. The van der Waals surface area contributed by atoms with E-state index in [-0.39, 0.29) is 35.2 Å². The zero-order valence-electron chi connectivity index (χ0n) is 27.6. The summed E-state index contributed by atoms with van der Waals surface area (Å²) in [7, 11) is -2.36. The number of hydrogen-bond donors (Lipinski definition) is 2. The second kappa shape index (κ2) is 14.9. The van der Waals surface area contributed by atoms with Crippen LogP contribution in [0, 0.1) is 6.92 Å². The fourth-order valence-electron chi connectivity index (χ4n) is 4.87. The van der Waals surface area contributed by atoms with Gasteiger partial charge in [-0.2, -0.15) is 8.42 Å². The Balaban J connectivity index is 1.65. The number of pyridine rings is 1. The Morgan fingerprint density at radius 2 is 1.74 bits per heavy atom. The third kappa shape index (κ3) is 9.29. The largest absolute Gasteiger partial charge is 0.506 e. The number of aromatic hydroxyl groups is 1. The summed E-state index contributed by atoms with van der Waals surface area (Å²) >= 11 is 1.42. The van der Waals surface area contributed by atoms with Crippen LogP contribution < -0.4 is 14.4 Å². The van der Waals surface area contributed by atoms with Crippen molar-refractivity contribution in [1.29, 1.82) is 0 Å². The average molecular weight is 680 g/mol. The maximum Gasteiger partial charge on any atom is 0.306 e. The number of benzene rings is 2. The lowest BCUT2D eigenvalue weighted by molar-refractivity contribution is 0.0784. The van der Waals surface area contributed by atoms with Crippen LogP contribution in [-0.4, -0.2) is 59.6 Å². The van der Waals surface area contributed by atoms with Gasteiger partial charge in [0.15, 0.2) is 0 Å². The third-order valence-electron chi connectivity index (χ3n) is 7.51. The fourth-order valence-corrected chi connectivity index (χ4v) is 6.14. The standard InChI is InChI=1S/C34H41N5O6S2/c1-8-23(5)39(28-9-10-30(31(40)15-28)36-17-24-11-27(21(2)3)18-35-16-24)34(42)26-12-25(13-29(14-26)45-47(7,43)44)33(41)38(6)19-32-37-22(4)20-46-32/h9-16,18,20-21,23,36,40H,8,17,19H2,1-7H3. The van der Waals surface area contributed by atoms with Crippen molar-refractivity contribution in [3.05, 3.63) is 93.2 Å². The van der Waals surface area contributed by atoms with Crippen molar-refractivity contribution in [3.8, 4) is 11.5 Å². The molecule has 4 aromatic rings. The first-order valence-electron chi connectivity index (χ1n) is 15.2. The minimum absolute atomic E-state index is 0.0486. The van der Waals surface area contributed by atoms with Crippen molar-refractivity contribution in [2.75, 3.05) is 23.5 Å². The van der Waals surface area contributed by atoms with Crippen LogP contribution in [0.15, 0.2) is 60.2 Å². The molecule has 0 spiro atoms. The van der Waals surface area contributed by atoms with Gasteiger partial charge in [-0.3, -0.25) is 14.6 Å². The van der Waals surface area contributed by atoms with E-state index in [1.165, 1.54) is 45.4 Å². The van der Waals surface area contributed by atoms with Gasteiger partial charge in [0.1, 0.15) is 16.5 Å². The van der Waals surface area contributed by atoms with E-state index in [4.69, 9.17) is 4.18 Å².